The number of aryl methyl sites for hydroxylation is 1. The average molecular weight is 400 g/mol. The summed E-state index contributed by atoms with van der Waals surface area (Å²) < 4.78 is 11.1. The highest BCUT2D eigenvalue weighted by atomic mass is 16.5. The van der Waals surface area contributed by atoms with Crippen molar-refractivity contribution in [1.82, 2.24) is 20.5 Å². The molecule has 0 radical (unpaired) electrons. The summed E-state index contributed by atoms with van der Waals surface area (Å²) in [5.74, 6) is 1.45. The normalized spacial score (nSPS) is 14.2. The number of hydrogen-bond acceptors (Lipinski definition) is 6. The Labute approximate surface area is 170 Å². The first-order chi connectivity index (χ1) is 14.0. The van der Waals surface area contributed by atoms with E-state index < -0.39 is 0 Å². The molecule has 1 aliphatic carbocycles. The minimum atomic E-state index is -0.342. The van der Waals surface area contributed by atoms with Gasteiger partial charge in [-0.05, 0) is 44.9 Å². The Morgan fingerprint density at radius 2 is 2.00 bits per heavy atom. The molecule has 8 heteroatoms. The smallest absolute Gasteiger partial charge is 0.273 e. The van der Waals surface area contributed by atoms with E-state index in [1.807, 2.05) is 13.8 Å². The van der Waals surface area contributed by atoms with Gasteiger partial charge in [0.15, 0.2) is 17.3 Å². The fourth-order valence-electron chi connectivity index (χ4n) is 3.42. The SMILES string of the molecule is COc1cc(-c2nnc(CCC(=O)NC3CCCC3)c(=O)[nH]2)ccc1OC(C)C. The second-order valence-electron chi connectivity index (χ2n) is 7.53. The number of hydrogen-bond donors (Lipinski definition) is 2. The highest BCUT2D eigenvalue weighted by Gasteiger charge is 2.18. The molecule has 0 atom stereocenters. The van der Waals surface area contributed by atoms with E-state index in [0.717, 1.165) is 25.7 Å². The zero-order valence-electron chi connectivity index (χ0n) is 17.2. The van der Waals surface area contributed by atoms with Gasteiger partial charge in [-0.2, -0.15) is 0 Å². The number of nitrogens with zero attached hydrogens (tertiary/aromatic N) is 2. The molecule has 1 aliphatic rings. The number of nitrogens with one attached hydrogen (secondary N) is 2. The molecule has 1 amide bonds. The molecule has 1 saturated carbocycles. The molecular formula is C21H28N4O4. The summed E-state index contributed by atoms with van der Waals surface area (Å²) in [4.78, 5) is 27.2. The van der Waals surface area contributed by atoms with E-state index in [1.54, 1.807) is 25.3 Å². The quantitative estimate of drug-likeness (QED) is 0.706. The van der Waals surface area contributed by atoms with Gasteiger partial charge in [-0.1, -0.05) is 12.8 Å². The third kappa shape index (κ3) is 5.56. The van der Waals surface area contributed by atoms with Crippen molar-refractivity contribution in [2.75, 3.05) is 7.11 Å². The molecular weight excluding hydrogens is 372 g/mol. The summed E-state index contributed by atoms with van der Waals surface area (Å²) in [5.41, 5.74) is 0.570. The maximum atomic E-state index is 12.4. The number of ether oxygens (including phenoxy) is 2. The lowest BCUT2D eigenvalue weighted by Crippen LogP contribution is -2.33. The topological polar surface area (TPSA) is 106 Å². The van der Waals surface area contributed by atoms with Crippen molar-refractivity contribution in [1.29, 1.82) is 0 Å². The molecule has 3 rings (SSSR count). The van der Waals surface area contributed by atoms with E-state index in [0.29, 0.717) is 22.9 Å². The molecule has 29 heavy (non-hydrogen) atoms. The number of carbonyl (C=O) groups is 1. The van der Waals surface area contributed by atoms with Gasteiger partial charge in [-0.25, -0.2) is 0 Å². The number of aromatic nitrogens is 3. The van der Waals surface area contributed by atoms with Gasteiger partial charge in [0.2, 0.25) is 5.91 Å². The maximum absolute atomic E-state index is 12.4. The van der Waals surface area contributed by atoms with E-state index >= 15 is 0 Å². The number of carbonyl (C=O) groups excluding carboxylic acids is 1. The Morgan fingerprint density at radius 1 is 1.24 bits per heavy atom. The number of rotatable bonds is 8. The van der Waals surface area contributed by atoms with Crippen LogP contribution in [0, 0.1) is 0 Å². The van der Waals surface area contributed by atoms with Gasteiger partial charge >= 0.3 is 0 Å². The molecule has 0 saturated heterocycles. The summed E-state index contributed by atoms with van der Waals surface area (Å²) in [7, 11) is 1.56. The highest BCUT2D eigenvalue weighted by Crippen LogP contribution is 2.31. The lowest BCUT2D eigenvalue weighted by atomic mass is 10.2. The summed E-state index contributed by atoms with van der Waals surface area (Å²) in [5, 5.41) is 11.2. The van der Waals surface area contributed by atoms with E-state index in [9.17, 15) is 9.59 Å². The van der Waals surface area contributed by atoms with Gasteiger partial charge in [0.1, 0.15) is 5.69 Å². The number of methoxy groups -OCH3 is 1. The Morgan fingerprint density at radius 3 is 2.66 bits per heavy atom. The Hall–Kier alpha value is -2.90. The van der Waals surface area contributed by atoms with Crippen LogP contribution in [0.2, 0.25) is 0 Å². The second kappa shape index (κ2) is 9.54. The Bertz CT molecular complexity index is 904. The summed E-state index contributed by atoms with van der Waals surface area (Å²) in [6, 6.07) is 5.57. The molecule has 1 aromatic heterocycles. The molecule has 0 aliphatic heterocycles. The van der Waals surface area contributed by atoms with Crippen LogP contribution in [0.4, 0.5) is 0 Å². The first-order valence-electron chi connectivity index (χ1n) is 10.1. The predicted molar refractivity (Wildman–Crippen MR) is 109 cm³/mol. The average Bonchev–Trinajstić information content (AvgIpc) is 3.20. The molecule has 2 aromatic rings. The summed E-state index contributed by atoms with van der Waals surface area (Å²) in [6.07, 6.45) is 4.88. The molecule has 8 nitrogen and oxygen atoms in total. The standard InChI is InChI=1S/C21H28N4O4/c1-13(2)29-17-10-8-14(12-18(17)28-3)20-23-21(27)16(24-25-20)9-11-19(26)22-15-6-4-5-7-15/h8,10,12-13,15H,4-7,9,11H2,1-3H3,(H,22,26)(H,23,25,27). The lowest BCUT2D eigenvalue weighted by molar-refractivity contribution is -0.121. The van der Waals surface area contributed by atoms with Gasteiger partial charge < -0.3 is 19.8 Å². The fraction of sp³-hybridized carbons (Fsp3) is 0.524. The molecule has 1 aromatic carbocycles. The minimum absolute atomic E-state index is 0.0134. The minimum Gasteiger partial charge on any atom is -0.493 e. The highest BCUT2D eigenvalue weighted by molar-refractivity contribution is 5.76. The van der Waals surface area contributed by atoms with E-state index in [-0.39, 0.29) is 42.1 Å². The van der Waals surface area contributed by atoms with Crippen LogP contribution in [0.5, 0.6) is 11.5 Å². The van der Waals surface area contributed by atoms with Crippen LogP contribution < -0.4 is 20.3 Å². The number of H-pyrrole nitrogens is 1. The molecule has 1 fully saturated rings. The number of aromatic amines is 1. The molecule has 0 unspecified atom stereocenters. The van der Waals surface area contributed by atoms with E-state index in [2.05, 4.69) is 20.5 Å². The molecule has 0 spiro atoms. The zero-order chi connectivity index (χ0) is 20.8. The summed E-state index contributed by atoms with van der Waals surface area (Å²) in [6.45, 7) is 3.87. The monoisotopic (exact) mass is 400 g/mol. The first kappa shape index (κ1) is 20.8. The van der Waals surface area contributed by atoms with Crippen molar-refractivity contribution in [2.45, 2.75) is 64.5 Å². The third-order valence-electron chi connectivity index (χ3n) is 4.87. The van der Waals surface area contributed by atoms with Gasteiger partial charge in [-0.3, -0.25) is 9.59 Å². The lowest BCUT2D eigenvalue weighted by Gasteiger charge is -2.14. The van der Waals surface area contributed by atoms with Crippen LogP contribution in [-0.4, -0.2) is 40.3 Å². The predicted octanol–water partition coefficient (Wildman–Crippen LogP) is 2.62. The maximum Gasteiger partial charge on any atom is 0.273 e. The Kier molecular flexibility index (Phi) is 6.85. The molecule has 156 valence electrons. The van der Waals surface area contributed by atoms with Crippen LogP contribution in [-0.2, 0) is 11.2 Å². The van der Waals surface area contributed by atoms with Gasteiger partial charge in [0.05, 0.1) is 13.2 Å². The largest absolute Gasteiger partial charge is 0.493 e. The van der Waals surface area contributed by atoms with Crippen molar-refractivity contribution in [2.24, 2.45) is 0 Å². The van der Waals surface area contributed by atoms with Crippen LogP contribution in [0.25, 0.3) is 11.4 Å². The van der Waals surface area contributed by atoms with Crippen LogP contribution in [0.15, 0.2) is 23.0 Å². The number of benzene rings is 1. The van der Waals surface area contributed by atoms with Gasteiger partial charge in [0.25, 0.3) is 5.56 Å². The Balaban J connectivity index is 1.67. The van der Waals surface area contributed by atoms with Crippen LogP contribution in [0.3, 0.4) is 0 Å². The van der Waals surface area contributed by atoms with E-state index in [4.69, 9.17) is 9.47 Å². The van der Waals surface area contributed by atoms with Crippen molar-refractivity contribution in [3.63, 3.8) is 0 Å². The van der Waals surface area contributed by atoms with E-state index in [1.165, 1.54) is 0 Å². The third-order valence-corrected chi connectivity index (χ3v) is 4.87. The molecule has 1 heterocycles. The van der Waals surface area contributed by atoms with Crippen molar-refractivity contribution < 1.29 is 14.3 Å². The fourth-order valence-corrected chi connectivity index (χ4v) is 3.42. The van der Waals surface area contributed by atoms with Crippen molar-refractivity contribution in [3.8, 4) is 22.9 Å². The van der Waals surface area contributed by atoms with Gasteiger partial charge in [-0.15, -0.1) is 10.2 Å². The van der Waals surface area contributed by atoms with Crippen molar-refractivity contribution in [3.05, 3.63) is 34.2 Å². The molecule has 0 bridgehead atoms. The number of amides is 1. The molecule has 2 N–H and O–H groups in total. The zero-order valence-corrected chi connectivity index (χ0v) is 17.2. The summed E-state index contributed by atoms with van der Waals surface area (Å²) >= 11 is 0. The van der Waals surface area contributed by atoms with Gasteiger partial charge in [0, 0.05) is 24.4 Å². The second-order valence-corrected chi connectivity index (χ2v) is 7.53. The van der Waals surface area contributed by atoms with Crippen LogP contribution >= 0.6 is 0 Å². The van der Waals surface area contributed by atoms with Crippen molar-refractivity contribution >= 4 is 5.91 Å². The van der Waals surface area contributed by atoms with Crippen LogP contribution in [0.1, 0.15) is 51.6 Å². The first-order valence-corrected chi connectivity index (χ1v) is 10.1.